The van der Waals surface area contributed by atoms with Crippen LogP contribution < -0.4 is 4.74 Å². The van der Waals surface area contributed by atoms with Gasteiger partial charge in [0, 0.05) is 12.1 Å². The molecule has 0 N–H and O–H groups in total. The van der Waals surface area contributed by atoms with Crippen LogP contribution in [0.3, 0.4) is 0 Å². The van der Waals surface area contributed by atoms with Gasteiger partial charge in [-0.2, -0.15) is 0 Å². The second kappa shape index (κ2) is 6.59. The van der Waals surface area contributed by atoms with E-state index in [-0.39, 0.29) is 11.1 Å². The van der Waals surface area contributed by atoms with Crippen LogP contribution in [0.4, 0.5) is 5.69 Å². The fraction of sp³-hybridized carbons (Fsp3) is 0.250. The molecule has 21 heavy (non-hydrogen) atoms. The summed E-state index contributed by atoms with van der Waals surface area (Å²) < 4.78 is 5.29. The van der Waals surface area contributed by atoms with Crippen LogP contribution in [0.5, 0.6) is 5.75 Å². The highest BCUT2D eigenvalue weighted by atomic mass is 35.5. The average molecular weight is 306 g/mol. The topological polar surface area (TPSA) is 52.4 Å². The maximum atomic E-state index is 10.6. The first-order valence-electron chi connectivity index (χ1n) is 6.53. The number of halogens is 1. The lowest BCUT2D eigenvalue weighted by Gasteiger charge is -2.13. The van der Waals surface area contributed by atoms with E-state index in [9.17, 15) is 10.1 Å². The molecule has 0 saturated carbocycles. The number of rotatable bonds is 5. The summed E-state index contributed by atoms with van der Waals surface area (Å²) in [5, 5.41) is 10.4. The first-order chi connectivity index (χ1) is 10.0. The molecule has 0 aliphatic rings. The van der Waals surface area contributed by atoms with Crippen LogP contribution in [0.15, 0.2) is 42.5 Å². The average Bonchev–Trinajstić information content (AvgIpc) is 2.48. The van der Waals surface area contributed by atoms with Gasteiger partial charge in [-0.3, -0.25) is 10.1 Å². The summed E-state index contributed by atoms with van der Waals surface area (Å²) in [6, 6.07) is 12.3. The van der Waals surface area contributed by atoms with E-state index < -0.39 is 4.92 Å². The quantitative estimate of drug-likeness (QED) is 0.466. The number of benzene rings is 2. The van der Waals surface area contributed by atoms with Crippen molar-refractivity contribution in [2.45, 2.75) is 18.7 Å². The first kappa shape index (κ1) is 15.3. The maximum Gasteiger partial charge on any atom is 0.269 e. The maximum absolute atomic E-state index is 10.6. The lowest BCUT2D eigenvalue weighted by molar-refractivity contribution is -0.384. The summed E-state index contributed by atoms with van der Waals surface area (Å²) in [6.45, 7) is 1.97. The summed E-state index contributed by atoms with van der Waals surface area (Å²) >= 11 is 6.43. The highest BCUT2D eigenvalue weighted by Gasteiger charge is 2.12. The van der Waals surface area contributed by atoms with Crippen molar-refractivity contribution in [1.29, 1.82) is 0 Å². The summed E-state index contributed by atoms with van der Waals surface area (Å²) in [6.07, 6.45) is 0.603. The fourth-order valence-corrected chi connectivity index (χ4v) is 2.42. The number of hydrogen-bond donors (Lipinski definition) is 0. The van der Waals surface area contributed by atoms with Crippen LogP contribution in [0, 0.1) is 17.0 Å². The largest absolute Gasteiger partial charge is 0.496 e. The van der Waals surface area contributed by atoms with E-state index in [2.05, 4.69) is 0 Å². The molecular weight excluding hydrogens is 290 g/mol. The molecule has 0 radical (unpaired) electrons. The van der Waals surface area contributed by atoms with E-state index in [0.29, 0.717) is 6.42 Å². The molecule has 0 saturated heterocycles. The van der Waals surface area contributed by atoms with Crippen molar-refractivity contribution in [2.24, 2.45) is 0 Å². The molecule has 110 valence electrons. The highest BCUT2D eigenvalue weighted by molar-refractivity contribution is 6.20. The van der Waals surface area contributed by atoms with Gasteiger partial charge >= 0.3 is 0 Å². The Labute approximate surface area is 128 Å². The Balaban J connectivity index is 2.13. The molecule has 0 spiro atoms. The van der Waals surface area contributed by atoms with Crippen molar-refractivity contribution < 1.29 is 9.66 Å². The molecule has 0 aliphatic carbocycles. The molecule has 1 unspecified atom stereocenters. The molecular formula is C16H16ClNO3. The Kier molecular flexibility index (Phi) is 4.81. The van der Waals surface area contributed by atoms with Crippen molar-refractivity contribution in [3.05, 3.63) is 69.3 Å². The van der Waals surface area contributed by atoms with E-state index in [0.717, 1.165) is 22.4 Å². The molecule has 0 bridgehead atoms. The van der Waals surface area contributed by atoms with Crippen LogP contribution in [-0.4, -0.2) is 12.0 Å². The van der Waals surface area contributed by atoms with Crippen LogP contribution in [0.1, 0.15) is 22.1 Å². The Hall–Kier alpha value is -2.07. The minimum absolute atomic E-state index is 0.0851. The zero-order chi connectivity index (χ0) is 15.4. The van der Waals surface area contributed by atoms with Crippen molar-refractivity contribution in [2.75, 3.05) is 7.11 Å². The van der Waals surface area contributed by atoms with Crippen molar-refractivity contribution in [3.63, 3.8) is 0 Å². The van der Waals surface area contributed by atoms with E-state index in [1.807, 2.05) is 25.1 Å². The van der Waals surface area contributed by atoms with Gasteiger partial charge in [0.15, 0.2) is 0 Å². The van der Waals surface area contributed by atoms with E-state index >= 15 is 0 Å². The van der Waals surface area contributed by atoms with Gasteiger partial charge in [-0.1, -0.05) is 24.3 Å². The minimum atomic E-state index is -0.410. The number of aryl methyl sites for hydroxylation is 1. The van der Waals surface area contributed by atoms with Crippen molar-refractivity contribution in [1.82, 2.24) is 0 Å². The minimum Gasteiger partial charge on any atom is -0.496 e. The Morgan fingerprint density at radius 2 is 1.90 bits per heavy atom. The van der Waals surface area contributed by atoms with Crippen LogP contribution in [-0.2, 0) is 6.42 Å². The number of non-ortho nitro benzene ring substituents is 1. The fourth-order valence-electron chi connectivity index (χ4n) is 2.11. The van der Waals surface area contributed by atoms with Crippen LogP contribution >= 0.6 is 11.6 Å². The predicted octanol–water partition coefficient (Wildman–Crippen LogP) is 4.43. The monoisotopic (exact) mass is 305 g/mol. The predicted molar refractivity (Wildman–Crippen MR) is 83.1 cm³/mol. The van der Waals surface area contributed by atoms with E-state index in [1.54, 1.807) is 19.2 Å². The molecule has 2 aromatic carbocycles. The van der Waals surface area contributed by atoms with E-state index in [1.165, 1.54) is 12.1 Å². The third-order valence-corrected chi connectivity index (χ3v) is 3.76. The third kappa shape index (κ3) is 3.73. The molecule has 0 heterocycles. The molecule has 2 aromatic rings. The molecule has 0 fully saturated rings. The van der Waals surface area contributed by atoms with Gasteiger partial charge in [0.05, 0.1) is 17.4 Å². The van der Waals surface area contributed by atoms with Crippen molar-refractivity contribution >= 4 is 17.3 Å². The number of alkyl halides is 1. The van der Waals surface area contributed by atoms with Crippen LogP contribution in [0.2, 0.25) is 0 Å². The number of nitro groups is 1. The molecule has 0 aliphatic heterocycles. The summed E-state index contributed by atoms with van der Waals surface area (Å²) in [7, 11) is 1.63. The van der Waals surface area contributed by atoms with Gasteiger partial charge in [-0.05, 0) is 36.1 Å². The number of ether oxygens (including phenoxy) is 1. The number of methoxy groups -OCH3 is 1. The third-order valence-electron chi connectivity index (χ3n) is 3.36. The van der Waals surface area contributed by atoms with Gasteiger partial charge < -0.3 is 4.74 Å². The van der Waals surface area contributed by atoms with Crippen molar-refractivity contribution in [3.8, 4) is 5.75 Å². The molecule has 2 rings (SSSR count). The lowest BCUT2D eigenvalue weighted by atomic mass is 10.0. The number of nitrogens with zero attached hydrogens (tertiary/aromatic N) is 1. The normalized spacial score (nSPS) is 12.0. The molecule has 0 aromatic heterocycles. The number of hydrogen-bond acceptors (Lipinski definition) is 3. The second-order valence-electron chi connectivity index (χ2n) is 4.82. The summed E-state index contributed by atoms with van der Waals surface area (Å²) in [4.78, 5) is 10.2. The molecule has 5 heteroatoms. The summed E-state index contributed by atoms with van der Waals surface area (Å²) in [5.74, 6) is 0.807. The van der Waals surface area contributed by atoms with Gasteiger partial charge in [-0.15, -0.1) is 11.6 Å². The smallest absolute Gasteiger partial charge is 0.269 e. The zero-order valence-electron chi connectivity index (χ0n) is 11.9. The summed E-state index contributed by atoms with van der Waals surface area (Å²) in [5.41, 5.74) is 3.07. The highest BCUT2D eigenvalue weighted by Crippen LogP contribution is 2.30. The Bertz CT molecular complexity index is 640. The van der Waals surface area contributed by atoms with Gasteiger partial charge in [-0.25, -0.2) is 0 Å². The standard InChI is InChI=1S/C16H16ClNO3/c1-11-3-6-13(10-16(11)21-2)15(17)9-12-4-7-14(8-5-12)18(19)20/h3-8,10,15H,9H2,1-2H3. The molecule has 4 nitrogen and oxygen atoms in total. The van der Waals surface area contributed by atoms with E-state index in [4.69, 9.17) is 16.3 Å². The first-order valence-corrected chi connectivity index (χ1v) is 6.97. The Morgan fingerprint density at radius 3 is 2.48 bits per heavy atom. The van der Waals surface area contributed by atoms with Gasteiger partial charge in [0.1, 0.15) is 5.75 Å². The van der Waals surface area contributed by atoms with Gasteiger partial charge in [0.25, 0.3) is 5.69 Å². The number of nitro benzene ring substituents is 1. The van der Waals surface area contributed by atoms with Crippen LogP contribution in [0.25, 0.3) is 0 Å². The lowest BCUT2D eigenvalue weighted by Crippen LogP contribution is -1.98. The molecule has 1 atom stereocenters. The zero-order valence-corrected chi connectivity index (χ0v) is 12.6. The van der Waals surface area contributed by atoms with Gasteiger partial charge in [0.2, 0.25) is 0 Å². The Morgan fingerprint density at radius 1 is 1.24 bits per heavy atom. The molecule has 0 amide bonds. The second-order valence-corrected chi connectivity index (χ2v) is 5.35. The SMILES string of the molecule is COc1cc(C(Cl)Cc2ccc([N+](=O)[O-])cc2)ccc1C.